The fraction of sp³-hybridized carbons (Fsp3) is 0.333. The van der Waals surface area contributed by atoms with Gasteiger partial charge in [-0.3, -0.25) is 10.1 Å². The van der Waals surface area contributed by atoms with Crippen molar-refractivity contribution < 1.29 is 10.0 Å². The molecular formula is C9H12N2O3. The Morgan fingerprint density at radius 3 is 2.29 bits per heavy atom. The third-order valence-corrected chi connectivity index (χ3v) is 1.94. The van der Waals surface area contributed by atoms with E-state index in [2.05, 4.69) is 0 Å². The lowest BCUT2D eigenvalue weighted by molar-refractivity contribution is -0.384. The number of nitrogens with two attached hydrogens (primary N) is 1. The minimum absolute atomic E-state index is 0.00521. The Bertz CT molecular complexity index is 321. The summed E-state index contributed by atoms with van der Waals surface area (Å²) in [5, 5.41) is 19.9. The average molecular weight is 196 g/mol. The van der Waals surface area contributed by atoms with Crippen LogP contribution >= 0.6 is 0 Å². The predicted octanol–water partition coefficient (Wildman–Crippen LogP) is 0.975. The summed E-state index contributed by atoms with van der Waals surface area (Å²) in [7, 11) is 0. The molecule has 5 heteroatoms. The molecule has 0 aliphatic heterocycles. The summed E-state index contributed by atoms with van der Waals surface area (Å²) in [6.07, 6.45) is -0.782. The maximum Gasteiger partial charge on any atom is 0.269 e. The summed E-state index contributed by atoms with van der Waals surface area (Å²) in [6.45, 7) is 1.67. The van der Waals surface area contributed by atoms with Crippen LogP contribution in [0.1, 0.15) is 18.6 Å². The maximum atomic E-state index is 10.3. The highest BCUT2D eigenvalue weighted by molar-refractivity contribution is 5.34. The lowest BCUT2D eigenvalue weighted by Crippen LogP contribution is -2.24. The topological polar surface area (TPSA) is 89.4 Å². The number of nitro benzene ring substituents is 1. The van der Waals surface area contributed by atoms with E-state index in [1.54, 1.807) is 6.92 Å². The minimum Gasteiger partial charge on any atom is -0.387 e. The Kier molecular flexibility index (Phi) is 3.16. The van der Waals surface area contributed by atoms with Gasteiger partial charge < -0.3 is 10.8 Å². The van der Waals surface area contributed by atoms with Crippen molar-refractivity contribution >= 4 is 5.69 Å². The van der Waals surface area contributed by atoms with E-state index in [4.69, 9.17) is 5.73 Å². The van der Waals surface area contributed by atoms with Gasteiger partial charge in [-0.05, 0) is 24.6 Å². The quantitative estimate of drug-likeness (QED) is 0.557. The van der Waals surface area contributed by atoms with Crippen molar-refractivity contribution in [2.45, 2.75) is 19.1 Å². The van der Waals surface area contributed by atoms with Crippen molar-refractivity contribution in [3.63, 3.8) is 0 Å². The molecule has 1 rings (SSSR count). The first-order valence-corrected chi connectivity index (χ1v) is 4.20. The van der Waals surface area contributed by atoms with Crippen molar-refractivity contribution in [2.75, 3.05) is 0 Å². The molecule has 0 bridgehead atoms. The number of benzene rings is 1. The van der Waals surface area contributed by atoms with E-state index in [1.165, 1.54) is 24.3 Å². The zero-order chi connectivity index (χ0) is 10.7. The number of hydrogen-bond donors (Lipinski definition) is 2. The summed E-state index contributed by atoms with van der Waals surface area (Å²) >= 11 is 0. The molecule has 2 atom stereocenters. The predicted molar refractivity (Wildman–Crippen MR) is 51.7 cm³/mol. The Hall–Kier alpha value is -1.46. The fourth-order valence-corrected chi connectivity index (χ4v) is 1.10. The zero-order valence-electron chi connectivity index (χ0n) is 7.75. The fourth-order valence-electron chi connectivity index (χ4n) is 1.10. The highest BCUT2D eigenvalue weighted by atomic mass is 16.6. The highest BCUT2D eigenvalue weighted by Gasteiger charge is 2.13. The first-order chi connectivity index (χ1) is 6.52. The van der Waals surface area contributed by atoms with E-state index in [0.29, 0.717) is 5.56 Å². The lowest BCUT2D eigenvalue weighted by atomic mass is 10.0. The number of aliphatic hydroxyl groups is 1. The van der Waals surface area contributed by atoms with Gasteiger partial charge >= 0.3 is 0 Å². The van der Waals surface area contributed by atoms with E-state index in [-0.39, 0.29) is 5.69 Å². The molecule has 0 saturated carbocycles. The summed E-state index contributed by atoms with van der Waals surface area (Å²) < 4.78 is 0. The second-order valence-electron chi connectivity index (χ2n) is 3.15. The smallest absolute Gasteiger partial charge is 0.269 e. The van der Waals surface area contributed by atoms with Gasteiger partial charge in [-0.1, -0.05) is 0 Å². The van der Waals surface area contributed by atoms with Gasteiger partial charge in [0.05, 0.1) is 11.0 Å². The number of aliphatic hydroxyl groups excluding tert-OH is 1. The molecule has 3 N–H and O–H groups in total. The van der Waals surface area contributed by atoms with Crippen molar-refractivity contribution in [3.05, 3.63) is 39.9 Å². The molecule has 0 aromatic heterocycles. The molecule has 0 radical (unpaired) electrons. The second kappa shape index (κ2) is 4.17. The van der Waals surface area contributed by atoms with Crippen molar-refractivity contribution in [2.24, 2.45) is 5.73 Å². The van der Waals surface area contributed by atoms with Crippen LogP contribution in [0.15, 0.2) is 24.3 Å². The molecular weight excluding hydrogens is 184 g/mol. The van der Waals surface area contributed by atoms with Crippen LogP contribution in [-0.2, 0) is 0 Å². The maximum absolute atomic E-state index is 10.3. The Morgan fingerprint density at radius 2 is 1.93 bits per heavy atom. The zero-order valence-corrected chi connectivity index (χ0v) is 7.75. The molecule has 0 aliphatic rings. The highest BCUT2D eigenvalue weighted by Crippen LogP contribution is 2.19. The van der Waals surface area contributed by atoms with E-state index in [0.717, 1.165) is 0 Å². The molecule has 0 saturated heterocycles. The number of non-ortho nitro benzene ring substituents is 1. The molecule has 5 nitrogen and oxygen atoms in total. The molecule has 14 heavy (non-hydrogen) atoms. The van der Waals surface area contributed by atoms with Crippen LogP contribution < -0.4 is 5.73 Å². The number of nitro groups is 1. The molecule has 0 spiro atoms. The lowest BCUT2D eigenvalue weighted by Gasteiger charge is -2.13. The molecule has 76 valence electrons. The van der Waals surface area contributed by atoms with E-state index in [1.807, 2.05) is 0 Å². The monoisotopic (exact) mass is 196 g/mol. The van der Waals surface area contributed by atoms with Gasteiger partial charge in [-0.15, -0.1) is 0 Å². The number of hydrogen-bond acceptors (Lipinski definition) is 4. The first kappa shape index (κ1) is 10.6. The molecule has 1 aromatic carbocycles. The van der Waals surface area contributed by atoms with Crippen molar-refractivity contribution in [1.82, 2.24) is 0 Å². The van der Waals surface area contributed by atoms with E-state index >= 15 is 0 Å². The Balaban J connectivity index is 2.88. The van der Waals surface area contributed by atoms with Crippen LogP contribution in [0.3, 0.4) is 0 Å². The van der Waals surface area contributed by atoms with Crippen LogP contribution in [-0.4, -0.2) is 16.1 Å². The number of nitrogens with zero attached hydrogens (tertiary/aromatic N) is 1. The molecule has 0 aliphatic carbocycles. The summed E-state index contributed by atoms with van der Waals surface area (Å²) in [6, 6.07) is 5.32. The summed E-state index contributed by atoms with van der Waals surface area (Å²) in [5.41, 5.74) is 6.08. The third-order valence-electron chi connectivity index (χ3n) is 1.94. The SMILES string of the molecule is CC(N)[C@@H](O)c1ccc([N+](=O)[O-])cc1. The first-order valence-electron chi connectivity index (χ1n) is 4.20. The summed E-state index contributed by atoms with van der Waals surface area (Å²) in [4.78, 5) is 9.85. The van der Waals surface area contributed by atoms with Gasteiger partial charge in [0.2, 0.25) is 0 Å². The second-order valence-corrected chi connectivity index (χ2v) is 3.15. The van der Waals surface area contributed by atoms with Gasteiger partial charge in [-0.2, -0.15) is 0 Å². The molecule has 0 amide bonds. The molecule has 0 heterocycles. The van der Waals surface area contributed by atoms with Gasteiger partial charge in [0.25, 0.3) is 5.69 Å². The van der Waals surface area contributed by atoms with E-state index < -0.39 is 17.1 Å². The number of rotatable bonds is 3. The van der Waals surface area contributed by atoms with E-state index in [9.17, 15) is 15.2 Å². The van der Waals surface area contributed by atoms with Crippen LogP contribution in [0.25, 0.3) is 0 Å². The molecule has 1 unspecified atom stereocenters. The van der Waals surface area contributed by atoms with Gasteiger partial charge in [0.15, 0.2) is 0 Å². The van der Waals surface area contributed by atoms with Gasteiger partial charge in [0, 0.05) is 18.2 Å². The largest absolute Gasteiger partial charge is 0.387 e. The standard InChI is InChI=1S/C9H12N2O3/c1-6(10)9(12)7-2-4-8(5-3-7)11(13)14/h2-6,9,12H,10H2,1H3/t6?,9-/m1/s1. The summed E-state index contributed by atoms with van der Waals surface area (Å²) in [5.74, 6) is 0. The third kappa shape index (κ3) is 2.27. The van der Waals surface area contributed by atoms with Crippen molar-refractivity contribution in [1.29, 1.82) is 0 Å². The molecule has 1 aromatic rings. The molecule has 0 fully saturated rings. The normalized spacial score (nSPS) is 14.8. The van der Waals surface area contributed by atoms with Crippen molar-refractivity contribution in [3.8, 4) is 0 Å². The van der Waals surface area contributed by atoms with Crippen LogP contribution in [0.2, 0.25) is 0 Å². The van der Waals surface area contributed by atoms with Gasteiger partial charge in [-0.25, -0.2) is 0 Å². The van der Waals surface area contributed by atoms with Gasteiger partial charge in [0.1, 0.15) is 0 Å². The Labute approximate surface area is 81.3 Å². The average Bonchev–Trinajstić information content (AvgIpc) is 2.16. The minimum atomic E-state index is -0.782. The van der Waals surface area contributed by atoms with Crippen LogP contribution in [0.4, 0.5) is 5.69 Å². The van der Waals surface area contributed by atoms with Crippen LogP contribution in [0, 0.1) is 10.1 Å². The van der Waals surface area contributed by atoms with Crippen LogP contribution in [0.5, 0.6) is 0 Å². The Morgan fingerprint density at radius 1 is 1.43 bits per heavy atom.